The molecule has 0 amide bonds. The van der Waals surface area contributed by atoms with Crippen molar-refractivity contribution in [2.24, 2.45) is 0 Å². The minimum Gasteiger partial charge on any atom is -0.261 e. The molecule has 0 fully saturated rings. The van der Waals surface area contributed by atoms with E-state index in [0.29, 0.717) is 0 Å². The van der Waals surface area contributed by atoms with E-state index in [-0.39, 0.29) is 0 Å². The number of hydrogen-bond donors (Lipinski definition) is 0. The minimum absolute atomic E-state index is 0.956. The first-order valence-corrected chi connectivity index (χ1v) is 5.58. The molecule has 0 bridgehead atoms. The lowest BCUT2D eigenvalue weighted by Gasteiger charge is -2.02. The lowest BCUT2D eigenvalue weighted by molar-refractivity contribution is 0.870. The van der Waals surface area contributed by atoms with E-state index >= 15 is 0 Å². The second kappa shape index (κ2) is 4.88. The van der Waals surface area contributed by atoms with Gasteiger partial charge >= 0.3 is 0 Å². The second-order valence-corrected chi connectivity index (χ2v) is 4.09. The zero-order chi connectivity index (χ0) is 11.4. The molecule has 2 nitrogen and oxygen atoms in total. The average Bonchev–Trinajstić information content (AvgIpc) is 2.27. The normalized spacial score (nSPS) is 10.4. The molecule has 0 saturated heterocycles. The Morgan fingerprint density at radius 1 is 1.00 bits per heavy atom. The minimum atomic E-state index is 0.956. The third-order valence-electron chi connectivity index (χ3n) is 2.56. The summed E-state index contributed by atoms with van der Waals surface area (Å²) in [6.07, 6.45) is 3.78. The van der Waals surface area contributed by atoms with E-state index in [0.717, 1.165) is 29.9 Å². The van der Waals surface area contributed by atoms with Gasteiger partial charge < -0.3 is 0 Å². The molecular formula is C14H16N2. The zero-order valence-corrected chi connectivity index (χ0v) is 9.77. The zero-order valence-electron chi connectivity index (χ0n) is 9.77. The SMILES string of the molecule is Cc1ccnc(CCc2cccc(C)n2)c1. The van der Waals surface area contributed by atoms with Gasteiger partial charge in [-0.25, -0.2) is 0 Å². The van der Waals surface area contributed by atoms with Crippen LogP contribution in [0.5, 0.6) is 0 Å². The Labute approximate surface area is 96.4 Å². The predicted octanol–water partition coefficient (Wildman–Crippen LogP) is 2.88. The first kappa shape index (κ1) is 10.8. The fourth-order valence-electron chi connectivity index (χ4n) is 1.73. The summed E-state index contributed by atoms with van der Waals surface area (Å²) in [4.78, 5) is 8.83. The van der Waals surface area contributed by atoms with Crippen LogP contribution in [0.4, 0.5) is 0 Å². The number of rotatable bonds is 3. The number of pyridine rings is 2. The second-order valence-electron chi connectivity index (χ2n) is 4.09. The van der Waals surface area contributed by atoms with Gasteiger partial charge in [0.2, 0.25) is 0 Å². The van der Waals surface area contributed by atoms with Gasteiger partial charge in [0, 0.05) is 23.3 Å². The van der Waals surface area contributed by atoms with E-state index in [2.05, 4.69) is 35.1 Å². The molecule has 2 rings (SSSR count). The molecule has 2 heteroatoms. The van der Waals surface area contributed by atoms with Crippen LogP contribution in [-0.4, -0.2) is 9.97 Å². The summed E-state index contributed by atoms with van der Waals surface area (Å²) in [6.45, 7) is 4.12. The summed E-state index contributed by atoms with van der Waals surface area (Å²) in [5.74, 6) is 0. The van der Waals surface area contributed by atoms with E-state index in [1.165, 1.54) is 5.56 Å². The molecule has 2 aromatic heterocycles. The molecular weight excluding hydrogens is 196 g/mol. The fraction of sp³-hybridized carbons (Fsp3) is 0.286. The summed E-state index contributed by atoms with van der Waals surface area (Å²) in [6, 6.07) is 10.3. The van der Waals surface area contributed by atoms with Gasteiger partial charge in [0.05, 0.1) is 0 Å². The Morgan fingerprint density at radius 2 is 1.81 bits per heavy atom. The number of nitrogens with zero attached hydrogens (tertiary/aromatic N) is 2. The monoisotopic (exact) mass is 212 g/mol. The van der Waals surface area contributed by atoms with E-state index in [9.17, 15) is 0 Å². The lowest BCUT2D eigenvalue weighted by atomic mass is 10.1. The molecule has 0 aliphatic carbocycles. The van der Waals surface area contributed by atoms with Crippen molar-refractivity contribution >= 4 is 0 Å². The molecule has 16 heavy (non-hydrogen) atoms. The van der Waals surface area contributed by atoms with Crippen molar-refractivity contribution in [1.29, 1.82) is 0 Å². The molecule has 0 aromatic carbocycles. The third-order valence-corrected chi connectivity index (χ3v) is 2.56. The topological polar surface area (TPSA) is 25.8 Å². The molecule has 0 unspecified atom stereocenters. The molecule has 82 valence electrons. The van der Waals surface area contributed by atoms with Crippen LogP contribution in [0.25, 0.3) is 0 Å². The number of aromatic nitrogens is 2. The van der Waals surface area contributed by atoms with Crippen LogP contribution in [0.2, 0.25) is 0 Å². The Hall–Kier alpha value is -1.70. The maximum Gasteiger partial charge on any atom is 0.0410 e. The van der Waals surface area contributed by atoms with Gasteiger partial charge in [-0.2, -0.15) is 0 Å². The van der Waals surface area contributed by atoms with Crippen molar-refractivity contribution in [3.05, 3.63) is 59.2 Å². The van der Waals surface area contributed by atoms with E-state index in [1.807, 2.05) is 25.3 Å². The highest BCUT2D eigenvalue weighted by atomic mass is 14.7. The van der Waals surface area contributed by atoms with Crippen molar-refractivity contribution in [2.75, 3.05) is 0 Å². The van der Waals surface area contributed by atoms with Crippen LogP contribution in [0.15, 0.2) is 36.5 Å². The highest BCUT2D eigenvalue weighted by Crippen LogP contribution is 2.05. The first-order valence-electron chi connectivity index (χ1n) is 5.58. The Bertz CT molecular complexity index is 432. The maximum absolute atomic E-state index is 4.48. The Balaban J connectivity index is 2.02. The van der Waals surface area contributed by atoms with Crippen LogP contribution in [0, 0.1) is 13.8 Å². The summed E-state index contributed by atoms with van der Waals surface area (Å²) in [7, 11) is 0. The fourth-order valence-corrected chi connectivity index (χ4v) is 1.73. The van der Waals surface area contributed by atoms with Gasteiger partial charge in [0.25, 0.3) is 0 Å². The summed E-state index contributed by atoms with van der Waals surface area (Å²) in [5.41, 5.74) is 4.63. The molecule has 0 spiro atoms. The average molecular weight is 212 g/mol. The van der Waals surface area contributed by atoms with Gasteiger partial charge in [-0.3, -0.25) is 9.97 Å². The molecule has 0 saturated carbocycles. The van der Waals surface area contributed by atoms with Gasteiger partial charge in [-0.15, -0.1) is 0 Å². The predicted molar refractivity (Wildman–Crippen MR) is 65.4 cm³/mol. The first-order chi connectivity index (χ1) is 7.74. The lowest BCUT2D eigenvalue weighted by Crippen LogP contribution is -1.97. The molecule has 0 N–H and O–H groups in total. The van der Waals surface area contributed by atoms with Gasteiger partial charge in [-0.05, 0) is 56.5 Å². The Morgan fingerprint density at radius 3 is 2.56 bits per heavy atom. The van der Waals surface area contributed by atoms with Crippen LogP contribution >= 0.6 is 0 Å². The molecule has 0 aliphatic heterocycles. The molecule has 0 atom stereocenters. The highest BCUT2D eigenvalue weighted by molar-refractivity contribution is 5.16. The van der Waals surface area contributed by atoms with Gasteiger partial charge in [0.15, 0.2) is 0 Å². The van der Waals surface area contributed by atoms with Crippen LogP contribution in [0.1, 0.15) is 22.6 Å². The van der Waals surface area contributed by atoms with Crippen molar-refractivity contribution in [3.8, 4) is 0 Å². The van der Waals surface area contributed by atoms with E-state index in [1.54, 1.807) is 0 Å². The number of aryl methyl sites for hydroxylation is 4. The molecule has 0 aliphatic rings. The van der Waals surface area contributed by atoms with E-state index < -0.39 is 0 Å². The van der Waals surface area contributed by atoms with Crippen LogP contribution in [0.3, 0.4) is 0 Å². The van der Waals surface area contributed by atoms with Crippen molar-refractivity contribution in [2.45, 2.75) is 26.7 Å². The highest BCUT2D eigenvalue weighted by Gasteiger charge is 1.98. The maximum atomic E-state index is 4.48. The van der Waals surface area contributed by atoms with Crippen LogP contribution in [-0.2, 0) is 12.8 Å². The summed E-state index contributed by atoms with van der Waals surface area (Å²) in [5, 5.41) is 0. The summed E-state index contributed by atoms with van der Waals surface area (Å²) < 4.78 is 0. The Kier molecular flexibility index (Phi) is 3.30. The standard InChI is InChI=1S/C14H16N2/c1-11-8-9-15-14(10-11)7-6-13-5-3-4-12(2)16-13/h3-5,8-10H,6-7H2,1-2H3. The quantitative estimate of drug-likeness (QED) is 0.781. The van der Waals surface area contributed by atoms with Gasteiger partial charge in [0.1, 0.15) is 0 Å². The van der Waals surface area contributed by atoms with Crippen LogP contribution < -0.4 is 0 Å². The molecule has 2 heterocycles. The van der Waals surface area contributed by atoms with E-state index in [4.69, 9.17) is 0 Å². The smallest absolute Gasteiger partial charge is 0.0410 e. The molecule has 0 radical (unpaired) electrons. The largest absolute Gasteiger partial charge is 0.261 e. The molecule has 2 aromatic rings. The number of hydrogen-bond acceptors (Lipinski definition) is 2. The van der Waals surface area contributed by atoms with Crippen molar-refractivity contribution < 1.29 is 0 Å². The summed E-state index contributed by atoms with van der Waals surface area (Å²) >= 11 is 0. The third kappa shape index (κ3) is 2.89. The van der Waals surface area contributed by atoms with Gasteiger partial charge in [-0.1, -0.05) is 6.07 Å². The van der Waals surface area contributed by atoms with Crippen molar-refractivity contribution in [1.82, 2.24) is 9.97 Å². The van der Waals surface area contributed by atoms with Crippen molar-refractivity contribution in [3.63, 3.8) is 0 Å².